The third-order valence-electron chi connectivity index (χ3n) is 4.42. The Morgan fingerprint density at radius 2 is 1.85 bits per heavy atom. The van der Waals surface area contributed by atoms with Crippen molar-refractivity contribution in [3.8, 4) is 0 Å². The molecule has 27 heavy (non-hydrogen) atoms. The van der Waals surface area contributed by atoms with E-state index in [0.29, 0.717) is 22.6 Å². The molecule has 0 fully saturated rings. The van der Waals surface area contributed by atoms with Crippen molar-refractivity contribution in [2.24, 2.45) is 0 Å². The fourth-order valence-corrected chi connectivity index (χ4v) is 3.77. The SMILES string of the molecule is CCc1ccc(NC(=O)[C@@H](C)Sc2nc3ccccc3c(=O)n2CC)cc1. The van der Waals surface area contributed by atoms with E-state index in [9.17, 15) is 9.59 Å². The molecule has 0 saturated heterocycles. The van der Waals surface area contributed by atoms with Gasteiger partial charge in [-0.15, -0.1) is 0 Å². The van der Waals surface area contributed by atoms with Crippen LogP contribution in [-0.4, -0.2) is 20.7 Å². The molecule has 0 aliphatic rings. The zero-order valence-electron chi connectivity index (χ0n) is 15.7. The van der Waals surface area contributed by atoms with Crippen LogP contribution in [0.1, 0.15) is 26.3 Å². The van der Waals surface area contributed by atoms with Crippen LogP contribution in [-0.2, 0) is 17.8 Å². The minimum Gasteiger partial charge on any atom is -0.325 e. The summed E-state index contributed by atoms with van der Waals surface area (Å²) in [5, 5.41) is 3.69. The molecular weight excluding hydrogens is 358 g/mol. The maximum Gasteiger partial charge on any atom is 0.262 e. The minimum absolute atomic E-state index is 0.0756. The van der Waals surface area contributed by atoms with E-state index < -0.39 is 0 Å². The molecule has 0 saturated carbocycles. The van der Waals surface area contributed by atoms with E-state index >= 15 is 0 Å². The van der Waals surface area contributed by atoms with Crippen molar-refractivity contribution in [2.45, 2.75) is 44.1 Å². The summed E-state index contributed by atoms with van der Waals surface area (Å²) in [6.07, 6.45) is 0.961. The normalized spacial score (nSPS) is 12.1. The Kier molecular flexibility index (Phi) is 5.96. The van der Waals surface area contributed by atoms with Crippen molar-refractivity contribution in [1.82, 2.24) is 9.55 Å². The van der Waals surface area contributed by atoms with Crippen LogP contribution in [0, 0.1) is 0 Å². The summed E-state index contributed by atoms with van der Waals surface area (Å²) in [7, 11) is 0. The highest BCUT2D eigenvalue weighted by Gasteiger charge is 2.19. The highest BCUT2D eigenvalue weighted by molar-refractivity contribution is 8.00. The summed E-state index contributed by atoms with van der Waals surface area (Å²) in [4.78, 5) is 29.9. The number of fused-ring (bicyclic) bond motifs is 1. The van der Waals surface area contributed by atoms with Gasteiger partial charge in [0.05, 0.1) is 16.2 Å². The molecule has 140 valence electrons. The van der Waals surface area contributed by atoms with Crippen LogP contribution in [0.2, 0.25) is 0 Å². The van der Waals surface area contributed by atoms with E-state index in [2.05, 4.69) is 17.2 Å². The number of carbonyl (C=O) groups is 1. The van der Waals surface area contributed by atoms with Gasteiger partial charge in [0.15, 0.2) is 5.16 Å². The molecule has 3 rings (SSSR count). The van der Waals surface area contributed by atoms with Crippen molar-refractivity contribution in [3.05, 3.63) is 64.4 Å². The second kappa shape index (κ2) is 8.39. The lowest BCUT2D eigenvalue weighted by Crippen LogP contribution is -2.26. The average molecular weight is 382 g/mol. The first-order valence-corrected chi connectivity index (χ1v) is 9.97. The molecule has 0 aliphatic carbocycles. The molecule has 0 aliphatic heterocycles. The zero-order chi connectivity index (χ0) is 19.4. The Morgan fingerprint density at radius 1 is 1.15 bits per heavy atom. The first-order valence-electron chi connectivity index (χ1n) is 9.09. The third kappa shape index (κ3) is 4.22. The van der Waals surface area contributed by atoms with Crippen LogP contribution in [0.25, 0.3) is 10.9 Å². The lowest BCUT2D eigenvalue weighted by atomic mass is 10.1. The second-order valence-corrected chi connectivity index (χ2v) is 7.57. The molecule has 1 N–H and O–H groups in total. The van der Waals surface area contributed by atoms with Gasteiger partial charge in [-0.25, -0.2) is 4.98 Å². The Morgan fingerprint density at radius 3 is 2.52 bits per heavy atom. The van der Waals surface area contributed by atoms with Gasteiger partial charge in [0.2, 0.25) is 5.91 Å². The van der Waals surface area contributed by atoms with Gasteiger partial charge >= 0.3 is 0 Å². The van der Waals surface area contributed by atoms with E-state index in [1.807, 2.05) is 56.3 Å². The lowest BCUT2D eigenvalue weighted by molar-refractivity contribution is -0.115. The molecule has 0 radical (unpaired) electrons. The maximum atomic E-state index is 12.7. The van der Waals surface area contributed by atoms with Gasteiger partial charge in [-0.3, -0.25) is 14.2 Å². The average Bonchev–Trinajstić information content (AvgIpc) is 2.69. The number of hydrogen-bond acceptors (Lipinski definition) is 4. The number of aromatic nitrogens is 2. The summed E-state index contributed by atoms with van der Waals surface area (Å²) < 4.78 is 1.62. The summed E-state index contributed by atoms with van der Waals surface area (Å²) >= 11 is 1.30. The van der Waals surface area contributed by atoms with Crippen LogP contribution < -0.4 is 10.9 Å². The summed E-state index contributed by atoms with van der Waals surface area (Å²) in [6, 6.07) is 15.1. The number of para-hydroxylation sites is 1. The fraction of sp³-hybridized carbons (Fsp3) is 0.286. The van der Waals surface area contributed by atoms with Crippen LogP contribution >= 0.6 is 11.8 Å². The molecule has 0 unspecified atom stereocenters. The quantitative estimate of drug-likeness (QED) is 0.516. The van der Waals surface area contributed by atoms with Gasteiger partial charge < -0.3 is 5.32 Å². The molecule has 0 bridgehead atoms. The number of carbonyl (C=O) groups excluding carboxylic acids is 1. The molecule has 3 aromatic rings. The largest absolute Gasteiger partial charge is 0.325 e. The van der Waals surface area contributed by atoms with Gasteiger partial charge in [-0.2, -0.15) is 0 Å². The monoisotopic (exact) mass is 381 g/mol. The number of thioether (sulfide) groups is 1. The van der Waals surface area contributed by atoms with Crippen LogP contribution in [0.15, 0.2) is 58.5 Å². The summed E-state index contributed by atoms with van der Waals surface area (Å²) in [6.45, 7) is 6.33. The molecule has 1 atom stereocenters. The molecule has 5 nitrogen and oxygen atoms in total. The van der Waals surface area contributed by atoms with Gasteiger partial charge in [0, 0.05) is 12.2 Å². The first-order chi connectivity index (χ1) is 13.0. The van der Waals surface area contributed by atoms with Gasteiger partial charge in [-0.05, 0) is 50.1 Å². The van der Waals surface area contributed by atoms with Gasteiger partial charge in [0.25, 0.3) is 5.56 Å². The number of aryl methyl sites for hydroxylation is 1. The number of hydrogen-bond donors (Lipinski definition) is 1. The molecule has 1 heterocycles. The zero-order valence-corrected chi connectivity index (χ0v) is 16.5. The number of nitrogens with zero attached hydrogens (tertiary/aromatic N) is 2. The van der Waals surface area contributed by atoms with Gasteiger partial charge in [0.1, 0.15) is 0 Å². The predicted octanol–water partition coefficient (Wildman–Crippen LogP) is 4.10. The Labute approximate surface area is 162 Å². The molecule has 6 heteroatoms. The molecule has 1 aromatic heterocycles. The number of nitrogens with one attached hydrogen (secondary N) is 1. The Hall–Kier alpha value is -2.60. The van der Waals surface area contributed by atoms with E-state index in [1.54, 1.807) is 10.6 Å². The van der Waals surface area contributed by atoms with Crippen molar-refractivity contribution in [2.75, 3.05) is 5.32 Å². The van der Waals surface area contributed by atoms with Gasteiger partial charge in [-0.1, -0.05) is 43.0 Å². The molecule has 2 aromatic carbocycles. The molecular formula is C21H23N3O2S. The molecule has 0 spiro atoms. The van der Waals surface area contributed by atoms with Crippen molar-refractivity contribution < 1.29 is 4.79 Å². The van der Waals surface area contributed by atoms with Crippen molar-refractivity contribution >= 4 is 34.3 Å². The first kappa shape index (κ1) is 19.2. The van der Waals surface area contributed by atoms with Crippen LogP contribution in [0.3, 0.4) is 0 Å². The number of rotatable bonds is 6. The highest BCUT2D eigenvalue weighted by Crippen LogP contribution is 2.23. The van der Waals surface area contributed by atoms with E-state index in [-0.39, 0.29) is 16.7 Å². The van der Waals surface area contributed by atoms with E-state index in [0.717, 1.165) is 12.1 Å². The van der Waals surface area contributed by atoms with Crippen molar-refractivity contribution in [3.63, 3.8) is 0 Å². The van der Waals surface area contributed by atoms with E-state index in [4.69, 9.17) is 0 Å². The number of amides is 1. The second-order valence-electron chi connectivity index (χ2n) is 6.26. The summed E-state index contributed by atoms with van der Waals surface area (Å²) in [5.74, 6) is -0.116. The highest BCUT2D eigenvalue weighted by atomic mass is 32.2. The summed E-state index contributed by atoms with van der Waals surface area (Å²) in [5.41, 5.74) is 2.57. The Bertz CT molecular complexity index is 1010. The maximum absolute atomic E-state index is 12.7. The number of benzene rings is 2. The minimum atomic E-state index is -0.387. The predicted molar refractivity (Wildman–Crippen MR) is 111 cm³/mol. The standard InChI is InChI=1S/C21H23N3O2S/c1-4-15-10-12-16(13-11-15)22-19(25)14(3)27-21-23-18-9-7-6-8-17(18)20(26)24(21)5-2/h6-14H,4-5H2,1-3H3,(H,22,25)/t14-/m1/s1. The van der Waals surface area contributed by atoms with Crippen LogP contribution in [0.5, 0.6) is 0 Å². The van der Waals surface area contributed by atoms with Crippen molar-refractivity contribution in [1.29, 1.82) is 0 Å². The topological polar surface area (TPSA) is 64.0 Å². The van der Waals surface area contributed by atoms with E-state index in [1.165, 1.54) is 17.3 Å². The lowest BCUT2D eigenvalue weighted by Gasteiger charge is -2.15. The smallest absolute Gasteiger partial charge is 0.262 e. The third-order valence-corrected chi connectivity index (χ3v) is 5.51. The Balaban J connectivity index is 1.81. The van der Waals surface area contributed by atoms with Crippen LogP contribution in [0.4, 0.5) is 5.69 Å². The number of anilines is 1. The molecule has 1 amide bonds. The fourth-order valence-electron chi connectivity index (χ4n) is 2.80.